The number of aromatic nitrogens is 2. The Balaban J connectivity index is 1.34. The van der Waals surface area contributed by atoms with Gasteiger partial charge in [-0.25, -0.2) is 4.39 Å². The van der Waals surface area contributed by atoms with E-state index in [0.29, 0.717) is 49.0 Å². The molecule has 1 amide bonds. The summed E-state index contributed by atoms with van der Waals surface area (Å²) in [5.74, 6) is 0.526. The SMILES string of the molecule is Cc1cc(-c2noc(CCC(=O)N3CCOC(c4ccc(Br)cc4)C3)n2)ccc1F. The zero-order valence-corrected chi connectivity index (χ0v) is 18.1. The van der Waals surface area contributed by atoms with Crippen LogP contribution in [0.2, 0.25) is 0 Å². The summed E-state index contributed by atoms with van der Waals surface area (Å²) in [7, 11) is 0. The van der Waals surface area contributed by atoms with Gasteiger partial charge in [-0.3, -0.25) is 4.79 Å². The van der Waals surface area contributed by atoms with Gasteiger partial charge in [0.1, 0.15) is 11.9 Å². The van der Waals surface area contributed by atoms with E-state index < -0.39 is 0 Å². The van der Waals surface area contributed by atoms with Crippen molar-refractivity contribution in [3.05, 3.63) is 69.8 Å². The molecule has 2 aromatic carbocycles. The molecule has 8 heteroatoms. The van der Waals surface area contributed by atoms with Crippen LogP contribution in [-0.2, 0) is 16.0 Å². The summed E-state index contributed by atoms with van der Waals surface area (Å²) in [4.78, 5) is 18.8. The lowest BCUT2D eigenvalue weighted by Crippen LogP contribution is -2.42. The van der Waals surface area contributed by atoms with Crippen molar-refractivity contribution in [3.8, 4) is 11.4 Å². The molecule has 0 bridgehead atoms. The van der Waals surface area contributed by atoms with Crippen LogP contribution in [0.25, 0.3) is 11.4 Å². The third kappa shape index (κ3) is 4.76. The summed E-state index contributed by atoms with van der Waals surface area (Å²) >= 11 is 3.43. The van der Waals surface area contributed by atoms with Gasteiger partial charge in [-0.2, -0.15) is 4.98 Å². The molecule has 1 saturated heterocycles. The quantitative estimate of drug-likeness (QED) is 0.546. The van der Waals surface area contributed by atoms with Crippen LogP contribution < -0.4 is 0 Å². The van der Waals surface area contributed by atoms with E-state index in [9.17, 15) is 9.18 Å². The first-order chi connectivity index (χ1) is 14.5. The number of hydrogen-bond donors (Lipinski definition) is 0. The maximum absolute atomic E-state index is 13.4. The fourth-order valence-electron chi connectivity index (χ4n) is 3.38. The molecule has 156 valence electrons. The molecule has 1 fully saturated rings. The van der Waals surface area contributed by atoms with E-state index in [0.717, 1.165) is 10.0 Å². The van der Waals surface area contributed by atoms with Crippen molar-refractivity contribution in [2.24, 2.45) is 0 Å². The average Bonchev–Trinajstić information content (AvgIpc) is 3.24. The number of ether oxygens (including phenoxy) is 1. The lowest BCUT2D eigenvalue weighted by atomic mass is 10.1. The number of benzene rings is 2. The molecule has 0 radical (unpaired) electrons. The van der Waals surface area contributed by atoms with Gasteiger partial charge >= 0.3 is 0 Å². The molecule has 4 rings (SSSR count). The van der Waals surface area contributed by atoms with E-state index in [1.807, 2.05) is 29.2 Å². The molecule has 1 atom stereocenters. The summed E-state index contributed by atoms with van der Waals surface area (Å²) in [6.45, 7) is 3.27. The highest BCUT2D eigenvalue weighted by Gasteiger charge is 2.25. The van der Waals surface area contributed by atoms with Crippen LogP contribution in [0.1, 0.15) is 29.5 Å². The first kappa shape index (κ1) is 20.7. The molecule has 1 aromatic heterocycles. The van der Waals surface area contributed by atoms with Gasteiger partial charge in [0.2, 0.25) is 17.6 Å². The smallest absolute Gasteiger partial charge is 0.227 e. The highest BCUT2D eigenvalue weighted by Crippen LogP contribution is 2.24. The topological polar surface area (TPSA) is 68.5 Å². The predicted octanol–water partition coefficient (Wildman–Crippen LogP) is 4.48. The molecule has 1 aliphatic heterocycles. The normalized spacial score (nSPS) is 16.6. The minimum Gasteiger partial charge on any atom is -0.370 e. The predicted molar refractivity (Wildman–Crippen MR) is 112 cm³/mol. The molecule has 0 aliphatic carbocycles. The van der Waals surface area contributed by atoms with Crippen molar-refractivity contribution in [1.82, 2.24) is 15.0 Å². The molecule has 0 spiro atoms. The molecular formula is C22H21BrFN3O3. The molecule has 1 aliphatic rings. The van der Waals surface area contributed by atoms with Crippen LogP contribution in [0, 0.1) is 12.7 Å². The Bertz CT molecular complexity index is 1040. The molecule has 3 aromatic rings. The van der Waals surface area contributed by atoms with Gasteiger partial charge in [-0.15, -0.1) is 0 Å². The molecule has 0 N–H and O–H groups in total. The van der Waals surface area contributed by atoms with Gasteiger partial charge in [0, 0.05) is 29.4 Å². The molecular weight excluding hydrogens is 453 g/mol. The summed E-state index contributed by atoms with van der Waals surface area (Å²) in [6, 6.07) is 12.6. The number of morpholine rings is 1. The fourth-order valence-corrected chi connectivity index (χ4v) is 3.65. The first-order valence-electron chi connectivity index (χ1n) is 9.73. The molecule has 6 nitrogen and oxygen atoms in total. The Morgan fingerprint density at radius 2 is 2.07 bits per heavy atom. The molecule has 30 heavy (non-hydrogen) atoms. The monoisotopic (exact) mass is 473 g/mol. The van der Waals surface area contributed by atoms with Gasteiger partial charge in [-0.05, 0) is 48.4 Å². The van der Waals surface area contributed by atoms with Crippen molar-refractivity contribution in [2.45, 2.75) is 25.9 Å². The van der Waals surface area contributed by atoms with E-state index in [1.165, 1.54) is 6.07 Å². The number of hydrogen-bond acceptors (Lipinski definition) is 5. The zero-order chi connectivity index (χ0) is 21.1. The number of carbonyl (C=O) groups excluding carboxylic acids is 1. The summed E-state index contributed by atoms with van der Waals surface area (Å²) in [5.41, 5.74) is 2.24. The van der Waals surface area contributed by atoms with E-state index in [4.69, 9.17) is 9.26 Å². The lowest BCUT2D eigenvalue weighted by Gasteiger charge is -2.33. The van der Waals surface area contributed by atoms with Gasteiger partial charge < -0.3 is 14.2 Å². The van der Waals surface area contributed by atoms with E-state index in [1.54, 1.807) is 19.1 Å². The second-order valence-electron chi connectivity index (χ2n) is 7.23. The molecule has 0 saturated carbocycles. The highest BCUT2D eigenvalue weighted by molar-refractivity contribution is 9.10. The van der Waals surface area contributed by atoms with Crippen LogP contribution in [0.4, 0.5) is 4.39 Å². The minimum absolute atomic E-state index is 0.0257. The van der Waals surface area contributed by atoms with Crippen molar-refractivity contribution < 1.29 is 18.4 Å². The maximum atomic E-state index is 13.4. The fraction of sp³-hybridized carbons (Fsp3) is 0.318. The van der Waals surface area contributed by atoms with E-state index >= 15 is 0 Å². The van der Waals surface area contributed by atoms with Gasteiger partial charge in [-0.1, -0.05) is 33.2 Å². The number of carbonyl (C=O) groups is 1. The third-order valence-corrected chi connectivity index (χ3v) is 5.63. The Labute approximate surface area is 182 Å². The van der Waals surface area contributed by atoms with Crippen LogP contribution in [0.3, 0.4) is 0 Å². The van der Waals surface area contributed by atoms with Crippen molar-refractivity contribution in [2.75, 3.05) is 19.7 Å². The van der Waals surface area contributed by atoms with Crippen LogP contribution in [0.15, 0.2) is 51.5 Å². The largest absolute Gasteiger partial charge is 0.370 e. The zero-order valence-electron chi connectivity index (χ0n) is 16.5. The van der Waals surface area contributed by atoms with Gasteiger partial charge in [0.05, 0.1) is 13.2 Å². The Hall–Kier alpha value is -2.58. The number of halogens is 2. The van der Waals surface area contributed by atoms with E-state index in [-0.39, 0.29) is 24.2 Å². The number of aryl methyl sites for hydroxylation is 2. The summed E-state index contributed by atoms with van der Waals surface area (Å²) in [5, 5.41) is 3.95. The molecule has 1 unspecified atom stereocenters. The Morgan fingerprint density at radius 3 is 2.83 bits per heavy atom. The second kappa shape index (κ2) is 9.06. The second-order valence-corrected chi connectivity index (χ2v) is 8.14. The maximum Gasteiger partial charge on any atom is 0.227 e. The molecule has 2 heterocycles. The van der Waals surface area contributed by atoms with Crippen LogP contribution in [-0.4, -0.2) is 40.6 Å². The van der Waals surface area contributed by atoms with Crippen LogP contribution in [0.5, 0.6) is 0 Å². The number of amides is 1. The number of rotatable bonds is 5. The summed E-state index contributed by atoms with van der Waals surface area (Å²) < 4.78 is 25.6. The third-order valence-electron chi connectivity index (χ3n) is 5.10. The van der Waals surface area contributed by atoms with Crippen molar-refractivity contribution in [1.29, 1.82) is 0 Å². The number of nitrogens with zero attached hydrogens (tertiary/aromatic N) is 3. The first-order valence-corrected chi connectivity index (χ1v) is 10.5. The van der Waals surface area contributed by atoms with Gasteiger partial charge in [0.15, 0.2) is 0 Å². The lowest BCUT2D eigenvalue weighted by molar-refractivity contribution is -0.139. The average molecular weight is 474 g/mol. The minimum atomic E-state index is -0.278. The standard InChI is InChI=1S/C22H21BrFN3O3/c1-14-12-16(4-7-18(14)24)22-25-20(30-26-22)8-9-21(28)27-10-11-29-19(13-27)15-2-5-17(23)6-3-15/h2-7,12,19H,8-11,13H2,1H3. The van der Waals surface area contributed by atoms with Crippen molar-refractivity contribution in [3.63, 3.8) is 0 Å². The Morgan fingerprint density at radius 1 is 1.27 bits per heavy atom. The Kier molecular flexibility index (Phi) is 6.24. The van der Waals surface area contributed by atoms with E-state index in [2.05, 4.69) is 26.1 Å². The van der Waals surface area contributed by atoms with Crippen LogP contribution >= 0.6 is 15.9 Å². The summed E-state index contributed by atoms with van der Waals surface area (Å²) in [6.07, 6.45) is 0.497. The highest BCUT2D eigenvalue weighted by atomic mass is 79.9. The van der Waals surface area contributed by atoms with Gasteiger partial charge in [0.25, 0.3) is 0 Å². The van der Waals surface area contributed by atoms with Crippen molar-refractivity contribution >= 4 is 21.8 Å².